The van der Waals surface area contributed by atoms with E-state index in [9.17, 15) is 9.90 Å². The van der Waals surface area contributed by atoms with Crippen molar-refractivity contribution in [3.05, 3.63) is 64.2 Å². The predicted molar refractivity (Wildman–Crippen MR) is 100 cm³/mol. The Morgan fingerprint density at radius 2 is 2.00 bits per heavy atom. The molecule has 0 saturated carbocycles. The summed E-state index contributed by atoms with van der Waals surface area (Å²) in [7, 11) is 0. The summed E-state index contributed by atoms with van der Waals surface area (Å²) in [5.74, 6) is 0.134. The van der Waals surface area contributed by atoms with Gasteiger partial charge in [0, 0.05) is 40.7 Å². The number of amides is 1. The minimum Gasteiger partial charge on any atom is -0.508 e. The van der Waals surface area contributed by atoms with Crippen LogP contribution in [0.25, 0.3) is 10.6 Å². The van der Waals surface area contributed by atoms with Crippen LogP contribution in [0, 0.1) is 13.8 Å². The van der Waals surface area contributed by atoms with Crippen LogP contribution < -0.4 is 5.32 Å². The molecule has 126 valence electrons. The molecule has 0 radical (unpaired) electrons. The first-order valence-corrected chi connectivity index (χ1v) is 8.99. The molecule has 0 fully saturated rings. The van der Waals surface area contributed by atoms with Gasteiger partial charge in [0.05, 0.1) is 0 Å². The monoisotopic (exact) mass is 350 g/mol. The molecule has 2 N–H and O–H groups in total. The van der Waals surface area contributed by atoms with E-state index in [-0.39, 0.29) is 17.6 Å². The smallest absolute Gasteiger partial charge is 0.225 e. The Bertz CT molecular complexity index is 978. The maximum Gasteiger partial charge on any atom is 0.225 e. The van der Waals surface area contributed by atoms with E-state index in [1.54, 1.807) is 17.4 Å². The number of hydrogen-bond donors (Lipinski definition) is 2. The SMILES string of the molecule is Cc1cc2c(cc1O)NC(=O)C[C@H]2c1cnc(-c2ccccc2C)s1. The van der Waals surface area contributed by atoms with Gasteiger partial charge in [-0.2, -0.15) is 0 Å². The molecule has 4 nitrogen and oxygen atoms in total. The zero-order valence-corrected chi connectivity index (χ0v) is 14.9. The van der Waals surface area contributed by atoms with Gasteiger partial charge in [-0.15, -0.1) is 11.3 Å². The summed E-state index contributed by atoms with van der Waals surface area (Å²) in [6.45, 7) is 3.94. The number of rotatable bonds is 2. The van der Waals surface area contributed by atoms with E-state index < -0.39 is 0 Å². The zero-order valence-electron chi connectivity index (χ0n) is 14.0. The van der Waals surface area contributed by atoms with E-state index in [1.165, 1.54) is 5.56 Å². The fourth-order valence-electron chi connectivity index (χ4n) is 3.25. The molecule has 3 aromatic rings. The minimum atomic E-state index is -0.0356. The molecular weight excluding hydrogens is 332 g/mol. The summed E-state index contributed by atoms with van der Waals surface area (Å²) in [4.78, 5) is 17.8. The van der Waals surface area contributed by atoms with Crippen molar-refractivity contribution in [2.75, 3.05) is 5.32 Å². The van der Waals surface area contributed by atoms with Crippen LogP contribution in [0.15, 0.2) is 42.6 Å². The number of anilines is 1. The molecule has 0 spiro atoms. The van der Waals surface area contributed by atoms with Crippen LogP contribution >= 0.6 is 11.3 Å². The van der Waals surface area contributed by atoms with Gasteiger partial charge >= 0.3 is 0 Å². The molecule has 1 aliphatic heterocycles. The van der Waals surface area contributed by atoms with Gasteiger partial charge in [-0.1, -0.05) is 24.3 Å². The lowest BCUT2D eigenvalue weighted by atomic mass is 9.88. The van der Waals surface area contributed by atoms with Gasteiger partial charge in [-0.3, -0.25) is 4.79 Å². The summed E-state index contributed by atoms with van der Waals surface area (Å²) < 4.78 is 0. The van der Waals surface area contributed by atoms with Crippen molar-refractivity contribution in [3.8, 4) is 16.3 Å². The summed E-state index contributed by atoms with van der Waals surface area (Å²) in [5, 5.41) is 13.8. The number of phenols is 1. The number of phenolic OH excluding ortho intramolecular Hbond substituents is 1. The van der Waals surface area contributed by atoms with Gasteiger partial charge in [0.15, 0.2) is 0 Å². The molecule has 1 aromatic heterocycles. The molecule has 2 heterocycles. The number of aromatic nitrogens is 1. The number of nitrogens with zero attached hydrogens (tertiary/aromatic N) is 1. The molecule has 0 aliphatic carbocycles. The average molecular weight is 350 g/mol. The van der Waals surface area contributed by atoms with Crippen LogP contribution in [0.1, 0.15) is 33.9 Å². The number of thiazole rings is 1. The second kappa shape index (κ2) is 6.01. The molecule has 5 heteroatoms. The maximum atomic E-state index is 12.1. The number of aryl methyl sites for hydroxylation is 2. The normalized spacial score (nSPS) is 16.4. The van der Waals surface area contributed by atoms with Crippen molar-refractivity contribution in [3.63, 3.8) is 0 Å². The van der Waals surface area contributed by atoms with E-state index in [0.717, 1.165) is 26.6 Å². The van der Waals surface area contributed by atoms with Crippen molar-refractivity contribution in [2.24, 2.45) is 0 Å². The zero-order chi connectivity index (χ0) is 17.6. The van der Waals surface area contributed by atoms with Gasteiger partial charge in [-0.25, -0.2) is 4.98 Å². The fourth-order valence-corrected chi connectivity index (χ4v) is 4.38. The lowest BCUT2D eigenvalue weighted by Gasteiger charge is -2.25. The third-order valence-corrected chi connectivity index (χ3v) is 5.79. The van der Waals surface area contributed by atoms with Crippen LogP contribution in [0.4, 0.5) is 5.69 Å². The molecule has 4 rings (SSSR count). The van der Waals surface area contributed by atoms with Crippen molar-refractivity contribution in [2.45, 2.75) is 26.2 Å². The summed E-state index contributed by atoms with van der Waals surface area (Å²) in [5.41, 5.74) is 4.85. The topological polar surface area (TPSA) is 62.2 Å². The molecule has 2 aromatic carbocycles. The van der Waals surface area contributed by atoms with Gasteiger partial charge < -0.3 is 10.4 Å². The lowest BCUT2D eigenvalue weighted by Crippen LogP contribution is -2.23. The minimum absolute atomic E-state index is 0.0293. The van der Waals surface area contributed by atoms with Crippen molar-refractivity contribution in [1.29, 1.82) is 0 Å². The van der Waals surface area contributed by atoms with Gasteiger partial charge in [0.1, 0.15) is 10.8 Å². The van der Waals surface area contributed by atoms with Crippen LogP contribution in [0.3, 0.4) is 0 Å². The van der Waals surface area contributed by atoms with E-state index in [1.807, 2.05) is 31.3 Å². The molecule has 0 unspecified atom stereocenters. The molecule has 1 amide bonds. The first-order valence-electron chi connectivity index (χ1n) is 8.18. The molecule has 25 heavy (non-hydrogen) atoms. The van der Waals surface area contributed by atoms with Gasteiger partial charge in [0.25, 0.3) is 0 Å². The standard InChI is InChI=1S/C20H18N2O2S/c1-11-5-3-4-6-13(11)20-21-10-18(25-20)15-8-19(24)22-16-9-17(23)12(2)7-14(15)16/h3-7,9-10,15,23H,8H2,1-2H3,(H,22,24)/t15-/m1/s1. The van der Waals surface area contributed by atoms with Crippen molar-refractivity contribution >= 4 is 22.9 Å². The van der Waals surface area contributed by atoms with Crippen molar-refractivity contribution < 1.29 is 9.90 Å². The molecule has 0 saturated heterocycles. The number of carbonyl (C=O) groups is 1. The fraction of sp³-hybridized carbons (Fsp3) is 0.200. The second-order valence-electron chi connectivity index (χ2n) is 6.41. The molecule has 0 bridgehead atoms. The quantitative estimate of drug-likeness (QED) is 0.710. The van der Waals surface area contributed by atoms with Crippen molar-refractivity contribution in [1.82, 2.24) is 4.98 Å². The van der Waals surface area contributed by atoms with Crippen LogP contribution in [-0.2, 0) is 4.79 Å². The summed E-state index contributed by atoms with van der Waals surface area (Å²) in [6, 6.07) is 11.8. The Balaban J connectivity index is 1.78. The first-order chi connectivity index (χ1) is 12.0. The Hall–Kier alpha value is -2.66. The van der Waals surface area contributed by atoms with Gasteiger partial charge in [-0.05, 0) is 36.6 Å². The second-order valence-corrected chi connectivity index (χ2v) is 7.48. The van der Waals surface area contributed by atoms with Crippen LogP contribution in [0.5, 0.6) is 5.75 Å². The number of fused-ring (bicyclic) bond motifs is 1. The van der Waals surface area contributed by atoms with E-state index in [4.69, 9.17) is 0 Å². The predicted octanol–water partition coefficient (Wildman–Crippen LogP) is 4.61. The third-order valence-electron chi connectivity index (χ3n) is 4.65. The highest BCUT2D eigenvalue weighted by Gasteiger charge is 2.29. The number of benzene rings is 2. The largest absolute Gasteiger partial charge is 0.508 e. The van der Waals surface area contributed by atoms with E-state index >= 15 is 0 Å². The highest BCUT2D eigenvalue weighted by atomic mass is 32.1. The Kier molecular flexibility index (Phi) is 3.81. The summed E-state index contributed by atoms with van der Waals surface area (Å²) >= 11 is 1.63. The summed E-state index contributed by atoms with van der Waals surface area (Å²) in [6.07, 6.45) is 2.27. The van der Waals surface area contributed by atoms with E-state index in [0.29, 0.717) is 12.1 Å². The third kappa shape index (κ3) is 2.81. The Morgan fingerprint density at radius 3 is 2.80 bits per heavy atom. The van der Waals surface area contributed by atoms with Gasteiger partial charge in [0.2, 0.25) is 5.91 Å². The lowest BCUT2D eigenvalue weighted by molar-refractivity contribution is -0.116. The number of hydrogen-bond acceptors (Lipinski definition) is 4. The number of nitrogens with one attached hydrogen (secondary N) is 1. The average Bonchev–Trinajstić information content (AvgIpc) is 3.06. The maximum absolute atomic E-state index is 12.1. The number of carbonyl (C=O) groups excluding carboxylic acids is 1. The highest BCUT2D eigenvalue weighted by Crippen LogP contribution is 2.43. The van der Waals surface area contributed by atoms with Crippen LogP contribution in [0.2, 0.25) is 0 Å². The highest BCUT2D eigenvalue weighted by molar-refractivity contribution is 7.15. The Morgan fingerprint density at radius 1 is 1.20 bits per heavy atom. The molecular formula is C20H18N2O2S. The first kappa shape index (κ1) is 15.8. The number of aromatic hydroxyl groups is 1. The van der Waals surface area contributed by atoms with E-state index in [2.05, 4.69) is 29.4 Å². The molecule has 1 atom stereocenters. The Labute approximate surface area is 150 Å². The van der Waals surface area contributed by atoms with Crippen LogP contribution in [-0.4, -0.2) is 16.0 Å². The molecule has 1 aliphatic rings.